The molecule has 1 aliphatic heterocycles. The number of carbonyl (C=O) groups is 2. The van der Waals surface area contributed by atoms with Gasteiger partial charge >= 0.3 is 0 Å². The Balaban J connectivity index is 1.85. The van der Waals surface area contributed by atoms with Crippen LogP contribution in [0, 0.1) is 6.92 Å². The number of aryl methyl sites for hydroxylation is 1. The van der Waals surface area contributed by atoms with Gasteiger partial charge in [-0.05, 0) is 37.3 Å². The molecule has 0 saturated heterocycles. The third-order valence-electron chi connectivity index (χ3n) is 3.19. The van der Waals surface area contributed by atoms with Crippen molar-refractivity contribution in [1.82, 2.24) is 0 Å². The summed E-state index contributed by atoms with van der Waals surface area (Å²) in [4.78, 5) is 25.4. The predicted molar refractivity (Wildman–Crippen MR) is 79.9 cm³/mol. The highest BCUT2D eigenvalue weighted by Gasteiger charge is 2.25. The summed E-state index contributed by atoms with van der Waals surface area (Å²) in [5.41, 5.74) is 1.34. The van der Waals surface area contributed by atoms with E-state index < -0.39 is 0 Å². The standard InChI is InChI=1S/C16H14N2O3/c1-11-6-7-12(21-11)8-9-16(20)18-10-15(19)17-13-4-2-3-5-14(13)18/h2-9H,10H2,1H3,(H,17,19)/b9-8+. The molecule has 1 aliphatic rings. The molecule has 21 heavy (non-hydrogen) atoms. The molecule has 3 rings (SSSR count). The zero-order chi connectivity index (χ0) is 14.8. The minimum Gasteiger partial charge on any atom is -0.462 e. The maximum Gasteiger partial charge on any atom is 0.251 e. The van der Waals surface area contributed by atoms with E-state index in [4.69, 9.17) is 4.42 Å². The van der Waals surface area contributed by atoms with Crippen molar-refractivity contribution in [3.05, 3.63) is 54.0 Å². The van der Waals surface area contributed by atoms with Crippen LogP contribution in [0.25, 0.3) is 6.08 Å². The average Bonchev–Trinajstić information content (AvgIpc) is 2.89. The largest absolute Gasteiger partial charge is 0.462 e. The molecule has 1 N–H and O–H groups in total. The molecule has 0 saturated carbocycles. The quantitative estimate of drug-likeness (QED) is 0.861. The third kappa shape index (κ3) is 2.72. The van der Waals surface area contributed by atoms with E-state index in [1.807, 2.05) is 25.1 Å². The lowest BCUT2D eigenvalue weighted by atomic mass is 10.2. The molecule has 1 aromatic carbocycles. The SMILES string of the molecule is Cc1ccc(/C=C/C(=O)N2CC(=O)Nc3ccccc32)o1. The number of hydrogen-bond donors (Lipinski definition) is 1. The number of para-hydroxylation sites is 2. The van der Waals surface area contributed by atoms with E-state index in [0.717, 1.165) is 5.76 Å². The monoisotopic (exact) mass is 282 g/mol. The molecule has 0 atom stereocenters. The van der Waals surface area contributed by atoms with Gasteiger partial charge in [-0.15, -0.1) is 0 Å². The molecule has 2 aromatic rings. The summed E-state index contributed by atoms with van der Waals surface area (Å²) in [7, 11) is 0. The summed E-state index contributed by atoms with van der Waals surface area (Å²) >= 11 is 0. The number of carbonyl (C=O) groups excluding carboxylic acids is 2. The molecule has 2 heterocycles. The Morgan fingerprint density at radius 3 is 2.86 bits per heavy atom. The van der Waals surface area contributed by atoms with Gasteiger partial charge in [0.05, 0.1) is 11.4 Å². The minimum atomic E-state index is -0.258. The van der Waals surface area contributed by atoms with Crippen molar-refractivity contribution in [3.63, 3.8) is 0 Å². The highest BCUT2D eigenvalue weighted by atomic mass is 16.3. The van der Waals surface area contributed by atoms with Crippen LogP contribution in [0.1, 0.15) is 11.5 Å². The van der Waals surface area contributed by atoms with Crippen molar-refractivity contribution in [1.29, 1.82) is 0 Å². The molecule has 0 spiro atoms. The van der Waals surface area contributed by atoms with Gasteiger partial charge in [-0.1, -0.05) is 12.1 Å². The molecule has 2 amide bonds. The number of nitrogens with one attached hydrogen (secondary N) is 1. The summed E-state index contributed by atoms with van der Waals surface area (Å²) in [6.07, 6.45) is 3.01. The Morgan fingerprint density at radius 2 is 2.10 bits per heavy atom. The number of benzene rings is 1. The number of nitrogens with zero attached hydrogens (tertiary/aromatic N) is 1. The second kappa shape index (κ2) is 5.28. The highest BCUT2D eigenvalue weighted by molar-refractivity contribution is 6.13. The fourth-order valence-corrected chi connectivity index (χ4v) is 2.22. The van der Waals surface area contributed by atoms with Crippen LogP contribution in [0.5, 0.6) is 0 Å². The molecular formula is C16H14N2O3. The Morgan fingerprint density at radius 1 is 1.29 bits per heavy atom. The maximum absolute atomic E-state index is 12.3. The van der Waals surface area contributed by atoms with E-state index in [9.17, 15) is 9.59 Å². The molecule has 1 aromatic heterocycles. The minimum absolute atomic E-state index is 0.0113. The maximum atomic E-state index is 12.3. The van der Waals surface area contributed by atoms with Gasteiger partial charge in [-0.25, -0.2) is 0 Å². The van der Waals surface area contributed by atoms with Crippen LogP contribution in [0.15, 0.2) is 46.9 Å². The molecule has 0 fully saturated rings. The van der Waals surface area contributed by atoms with Crippen molar-refractivity contribution in [2.75, 3.05) is 16.8 Å². The van der Waals surface area contributed by atoms with Crippen LogP contribution in [-0.2, 0) is 9.59 Å². The van der Waals surface area contributed by atoms with Crippen LogP contribution < -0.4 is 10.2 Å². The lowest BCUT2D eigenvalue weighted by Crippen LogP contribution is -2.41. The average molecular weight is 282 g/mol. The molecule has 5 heteroatoms. The first kappa shape index (κ1) is 13.2. The third-order valence-corrected chi connectivity index (χ3v) is 3.19. The van der Waals surface area contributed by atoms with Gasteiger partial charge in [0, 0.05) is 6.08 Å². The number of amides is 2. The number of hydrogen-bond acceptors (Lipinski definition) is 3. The topological polar surface area (TPSA) is 62.6 Å². The smallest absolute Gasteiger partial charge is 0.251 e. The van der Waals surface area contributed by atoms with E-state index in [-0.39, 0.29) is 18.4 Å². The zero-order valence-corrected chi connectivity index (χ0v) is 11.5. The lowest BCUT2D eigenvalue weighted by Gasteiger charge is -2.28. The first-order valence-corrected chi connectivity index (χ1v) is 6.58. The molecule has 0 aliphatic carbocycles. The first-order valence-electron chi connectivity index (χ1n) is 6.58. The Hall–Kier alpha value is -2.82. The number of rotatable bonds is 2. The summed E-state index contributed by atoms with van der Waals surface area (Å²) in [5.74, 6) is 0.927. The van der Waals surface area contributed by atoms with Crippen molar-refractivity contribution in [3.8, 4) is 0 Å². The summed E-state index contributed by atoms with van der Waals surface area (Å²) in [6, 6.07) is 10.8. The fraction of sp³-hybridized carbons (Fsp3) is 0.125. The predicted octanol–water partition coefficient (Wildman–Crippen LogP) is 2.59. The first-order chi connectivity index (χ1) is 10.1. The molecular weight excluding hydrogens is 268 g/mol. The van der Waals surface area contributed by atoms with Gasteiger partial charge in [0.25, 0.3) is 5.91 Å². The van der Waals surface area contributed by atoms with E-state index in [1.165, 1.54) is 11.0 Å². The molecule has 106 valence electrons. The van der Waals surface area contributed by atoms with E-state index >= 15 is 0 Å². The van der Waals surface area contributed by atoms with E-state index in [0.29, 0.717) is 17.1 Å². The number of fused-ring (bicyclic) bond motifs is 1. The normalized spacial score (nSPS) is 14.1. The van der Waals surface area contributed by atoms with E-state index in [1.54, 1.807) is 24.3 Å². The zero-order valence-electron chi connectivity index (χ0n) is 11.5. The van der Waals surface area contributed by atoms with Crippen LogP contribution >= 0.6 is 0 Å². The van der Waals surface area contributed by atoms with Gasteiger partial charge in [-0.2, -0.15) is 0 Å². The summed E-state index contributed by atoms with van der Waals surface area (Å²) in [5, 5.41) is 2.75. The highest BCUT2D eigenvalue weighted by Crippen LogP contribution is 2.29. The molecule has 0 radical (unpaired) electrons. The Bertz CT molecular complexity index is 731. The molecule has 0 bridgehead atoms. The summed E-state index contributed by atoms with van der Waals surface area (Å²) < 4.78 is 5.37. The van der Waals surface area contributed by atoms with E-state index in [2.05, 4.69) is 5.32 Å². The van der Waals surface area contributed by atoms with Gasteiger partial charge in [-0.3, -0.25) is 14.5 Å². The van der Waals surface area contributed by atoms with Crippen molar-refractivity contribution < 1.29 is 14.0 Å². The van der Waals surface area contributed by atoms with Gasteiger partial charge in [0.2, 0.25) is 5.91 Å². The second-order valence-electron chi connectivity index (χ2n) is 4.77. The second-order valence-corrected chi connectivity index (χ2v) is 4.77. The van der Waals surface area contributed by atoms with Crippen LogP contribution in [0.4, 0.5) is 11.4 Å². The molecule has 0 unspecified atom stereocenters. The van der Waals surface area contributed by atoms with Crippen molar-refractivity contribution >= 4 is 29.3 Å². The van der Waals surface area contributed by atoms with Gasteiger partial charge in [0.1, 0.15) is 18.1 Å². The van der Waals surface area contributed by atoms with Crippen LogP contribution in [0.3, 0.4) is 0 Å². The Labute approximate surface area is 121 Å². The van der Waals surface area contributed by atoms with Crippen molar-refractivity contribution in [2.45, 2.75) is 6.92 Å². The van der Waals surface area contributed by atoms with Crippen molar-refractivity contribution in [2.24, 2.45) is 0 Å². The number of furan rings is 1. The fourth-order valence-electron chi connectivity index (χ4n) is 2.22. The lowest BCUT2D eigenvalue weighted by molar-refractivity contribution is -0.119. The van der Waals surface area contributed by atoms with Crippen LogP contribution in [-0.4, -0.2) is 18.4 Å². The molecule has 5 nitrogen and oxygen atoms in total. The Kier molecular flexibility index (Phi) is 3.31. The van der Waals surface area contributed by atoms with Gasteiger partial charge in [0.15, 0.2) is 0 Å². The number of anilines is 2. The summed E-state index contributed by atoms with van der Waals surface area (Å²) in [6.45, 7) is 1.85. The van der Waals surface area contributed by atoms with Gasteiger partial charge < -0.3 is 9.73 Å². The van der Waals surface area contributed by atoms with Crippen LogP contribution in [0.2, 0.25) is 0 Å².